The van der Waals surface area contributed by atoms with Crippen molar-refractivity contribution in [2.75, 3.05) is 26.2 Å². The van der Waals surface area contributed by atoms with E-state index >= 15 is 0 Å². The van der Waals surface area contributed by atoms with Crippen molar-refractivity contribution in [1.29, 1.82) is 0 Å². The van der Waals surface area contributed by atoms with Crippen LogP contribution in [0.2, 0.25) is 0 Å². The van der Waals surface area contributed by atoms with Crippen LogP contribution in [-0.2, 0) is 15.6 Å². The maximum Gasteiger partial charge on any atom is 0.289 e. The lowest BCUT2D eigenvalue weighted by molar-refractivity contribution is -0.930. The Bertz CT molecular complexity index is 973. The van der Waals surface area contributed by atoms with Gasteiger partial charge in [0.1, 0.15) is 11.5 Å². The number of carbonyl (C=O) groups excluding carboxylic acids is 1. The third kappa shape index (κ3) is 4.98. The van der Waals surface area contributed by atoms with E-state index in [1.54, 1.807) is 41.3 Å². The van der Waals surface area contributed by atoms with Gasteiger partial charge in [-0.25, -0.2) is 8.42 Å². The van der Waals surface area contributed by atoms with Gasteiger partial charge < -0.3 is 14.2 Å². The molecule has 1 N–H and O–H groups in total. The number of hydrogen-bond donors (Lipinski definition) is 1. The van der Waals surface area contributed by atoms with Crippen molar-refractivity contribution in [3.63, 3.8) is 0 Å². The van der Waals surface area contributed by atoms with E-state index in [2.05, 4.69) is 15.9 Å². The zero-order chi connectivity index (χ0) is 21.1. The molecule has 6 nitrogen and oxygen atoms in total. The first-order chi connectivity index (χ1) is 14.4. The van der Waals surface area contributed by atoms with Gasteiger partial charge in [0.05, 0.1) is 37.1 Å². The molecule has 1 saturated heterocycles. The number of benzene rings is 1. The fourth-order valence-electron chi connectivity index (χ4n) is 4.55. The molecule has 1 aliphatic heterocycles. The quantitative estimate of drug-likeness (QED) is 0.691. The van der Waals surface area contributed by atoms with Crippen LogP contribution in [0.15, 0.2) is 50.2 Å². The Morgan fingerprint density at radius 3 is 2.37 bits per heavy atom. The summed E-state index contributed by atoms with van der Waals surface area (Å²) in [6, 6.07) is 10.4. The maximum atomic E-state index is 12.8. The number of nitrogens with zero attached hydrogens (tertiary/aromatic N) is 1. The smallest absolute Gasteiger partial charge is 0.289 e. The zero-order valence-electron chi connectivity index (χ0n) is 17.0. The molecular weight excluding hydrogens is 468 g/mol. The predicted molar refractivity (Wildman–Crippen MR) is 117 cm³/mol. The number of rotatable bonds is 5. The van der Waals surface area contributed by atoms with Crippen LogP contribution in [0.4, 0.5) is 0 Å². The van der Waals surface area contributed by atoms with Gasteiger partial charge in [0.2, 0.25) is 0 Å². The predicted octanol–water partition coefficient (Wildman–Crippen LogP) is 2.69. The Kier molecular flexibility index (Phi) is 6.65. The number of furan rings is 1. The zero-order valence-corrected chi connectivity index (χ0v) is 19.4. The van der Waals surface area contributed by atoms with Gasteiger partial charge in [0, 0.05) is 4.47 Å². The van der Waals surface area contributed by atoms with Gasteiger partial charge in [-0.1, -0.05) is 22.4 Å². The summed E-state index contributed by atoms with van der Waals surface area (Å²) in [6.45, 7) is 3.39. The standard InChI is InChI=1S/C22H27BrN2O4S/c23-17-6-9-20(10-7-17)30(27,28)16-19-8-11-21(29-19)22(26)25-14-12-24(13-15-25)18-4-2-1-3-5-18/h6-11,18H,1-5,12-16H2/p+1. The van der Waals surface area contributed by atoms with Crippen LogP contribution >= 0.6 is 15.9 Å². The summed E-state index contributed by atoms with van der Waals surface area (Å²) in [5.41, 5.74) is 0. The second-order valence-electron chi connectivity index (χ2n) is 8.26. The van der Waals surface area contributed by atoms with E-state index < -0.39 is 9.84 Å². The van der Waals surface area contributed by atoms with Gasteiger partial charge in [0.15, 0.2) is 15.6 Å². The second kappa shape index (κ2) is 9.24. The van der Waals surface area contributed by atoms with Crippen LogP contribution < -0.4 is 4.90 Å². The van der Waals surface area contributed by atoms with Gasteiger partial charge in [-0.2, -0.15) is 0 Å². The second-order valence-corrected chi connectivity index (χ2v) is 11.2. The molecule has 0 bridgehead atoms. The molecule has 0 radical (unpaired) electrons. The van der Waals surface area contributed by atoms with Gasteiger partial charge in [0.25, 0.3) is 5.91 Å². The highest BCUT2D eigenvalue weighted by Gasteiger charge is 2.31. The molecule has 2 fully saturated rings. The fraction of sp³-hybridized carbons (Fsp3) is 0.500. The summed E-state index contributed by atoms with van der Waals surface area (Å²) >= 11 is 3.31. The number of carbonyl (C=O) groups is 1. The van der Waals surface area contributed by atoms with Crippen molar-refractivity contribution in [3.05, 3.63) is 52.4 Å². The molecule has 0 atom stereocenters. The Labute approximate surface area is 186 Å². The Hall–Kier alpha value is -1.64. The molecule has 0 unspecified atom stereocenters. The molecule has 4 rings (SSSR count). The summed E-state index contributed by atoms with van der Waals surface area (Å²) in [6.07, 6.45) is 6.62. The number of quaternary nitrogens is 1. The largest absolute Gasteiger partial charge is 0.455 e. The fourth-order valence-corrected chi connectivity index (χ4v) is 6.07. The molecular formula is C22H28BrN2O4S+. The molecule has 1 aliphatic carbocycles. The summed E-state index contributed by atoms with van der Waals surface area (Å²) in [5.74, 6) is 0.0940. The summed E-state index contributed by atoms with van der Waals surface area (Å²) in [5, 5.41) is 0. The van der Waals surface area contributed by atoms with Crippen molar-refractivity contribution in [2.45, 2.75) is 48.8 Å². The van der Waals surface area contributed by atoms with Gasteiger partial charge >= 0.3 is 0 Å². The number of amides is 1. The van der Waals surface area contributed by atoms with Crippen molar-refractivity contribution in [1.82, 2.24) is 4.90 Å². The Morgan fingerprint density at radius 2 is 1.70 bits per heavy atom. The highest BCUT2D eigenvalue weighted by molar-refractivity contribution is 9.10. The van der Waals surface area contributed by atoms with Crippen LogP contribution in [0.3, 0.4) is 0 Å². The molecule has 1 saturated carbocycles. The van der Waals surface area contributed by atoms with Crippen LogP contribution in [0, 0.1) is 0 Å². The SMILES string of the molecule is O=C(c1ccc(CS(=O)(=O)c2ccc(Br)cc2)o1)N1CC[NH+](C2CCCCC2)CC1. The van der Waals surface area contributed by atoms with E-state index in [1.807, 2.05) is 4.90 Å². The average molecular weight is 496 g/mol. The monoisotopic (exact) mass is 495 g/mol. The third-order valence-electron chi connectivity index (χ3n) is 6.25. The molecule has 30 heavy (non-hydrogen) atoms. The average Bonchev–Trinajstić information content (AvgIpc) is 3.22. The molecule has 2 aliphatic rings. The minimum atomic E-state index is -3.53. The minimum absolute atomic E-state index is 0.148. The van der Waals surface area contributed by atoms with Crippen LogP contribution in [0.25, 0.3) is 0 Å². The van der Waals surface area contributed by atoms with Crippen LogP contribution in [0.1, 0.15) is 48.4 Å². The minimum Gasteiger partial charge on any atom is -0.455 e. The lowest BCUT2D eigenvalue weighted by atomic mass is 9.94. The molecule has 2 heterocycles. The van der Waals surface area contributed by atoms with E-state index in [0.29, 0.717) is 0 Å². The number of hydrogen-bond acceptors (Lipinski definition) is 4. The Balaban J connectivity index is 1.35. The number of piperazine rings is 1. The first-order valence-electron chi connectivity index (χ1n) is 10.6. The third-order valence-corrected chi connectivity index (χ3v) is 8.44. The van der Waals surface area contributed by atoms with Gasteiger partial charge in [-0.3, -0.25) is 4.79 Å². The first-order valence-corrected chi connectivity index (χ1v) is 13.1. The van der Waals surface area contributed by atoms with E-state index in [0.717, 1.165) is 36.7 Å². The highest BCUT2D eigenvalue weighted by atomic mass is 79.9. The molecule has 1 amide bonds. The lowest BCUT2D eigenvalue weighted by Gasteiger charge is -2.37. The molecule has 8 heteroatoms. The Morgan fingerprint density at radius 1 is 1.03 bits per heavy atom. The van der Waals surface area contributed by atoms with Crippen LogP contribution in [0.5, 0.6) is 0 Å². The maximum absolute atomic E-state index is 12.8. The topological polar surface area (TPSA) is 72.0 Å². The van der Waals surface area contributed by atoms with Crippen LogP contribution in [-0.4, -0.2) is 51.4 Å². The normalized spacial score (nSPS) is 19.2. The molecule has 0 spiro atoms. The summed E-state index contributed by atoms with van der Waals surface area (Å²) in [4.78, 5) is 16.5. The lowest BCUT2D eigenvalue weighted by Crippen LogP contribution is -3.18. The highest BCUT2D eigenvalue weighted by Crippen LogP contribution is 2.21. The number of nitrogens with one attached hydrogen (secondary N) is 1. The number of sulfone groups is 1. The summed E-state index contributed by atoms with van der Waals surface area (Å²) < 4.78 is 31.7. The van der Waals surface area contributed by atoms with E-state index in [4.69, 9.17) is 4.42 Å². The molecule has 1 aromatic heterocycles. The first kappa shape index (κ1) is 21.6. The molecule has 1 aromatic carbocycles. The number of halogens is 1. The van der Waals surface area contributed by atoms with Crippen molar-refractivity contribution in [2.24, 2.45) is 0 Å². The van der Waals surface area contributed by atoms with Gasteiger partial charge in [-0.15, -0.1) is 0 Å². The summed E-state index contributed by atoms with van der Waals surface area (Å²) in [7, 11) is -3.53. The molecule has 162 valence electrons. The van der Waals surface area contributed by atoms with E-state index in [1.165, 1.54) is 32.1 Å². The van der Waals surface area contributed by atoms with E-state index in [-0.39, 0.29) is 28.1 Å². The molecule has 2 aromatic rings. The van der Waals surface area contributed by atoms with E-state index in [9.17, 15) is 13.2 Å². The van der Waals surface area contributed by atoms with Crippen molar-refractivity contribution in [3.8, 4) is 0 Å². The van der Waals surface area contributed by atoms with Gasteiger partial charge in [-0.05, 0) is 62.1 Å². The van der Waals surface area contributed by atoms with Crippen molar-refractivity contribution >= 4 is 31.7 Å². The van der Waals surface area contributed by atoms with Crippen molar-refractivity contribution < 1.29 is 22.5 Å².